The molecular weight excluding hydrogens is 259 g/mol. The molecule has 2 heterocycles. The van der Waals surface area contributed by atoms with Gasteiger partial charge in [0.2, 0.25) is 0 Å². The summed E-state index contributed by atoms with van der Waals surface area (Å²) < 4.78 is 41.1. The van der Waals surface area contributed by atoms with Gasteiger partial charge in [-0.2, -0.15) is 13.2 Å². The normalized spacial score (nSPS) is 23.8. The van der Waals surface area contributed by atoms with E-state index in [0.29, 0.717) is 5.82 Å². The zero-order valence-corrected chi connectivity index (χ0v) is 10.6. The van der Waals surface area contributed by atoms with Crippen LogP contribution in [-0.2, 0) is 18.3 Å². The van der Waals surface area contributed by atoms with Crippen molar-refractivity contribution in [1.29, 1.82) is 0 Å². The summed E-state index contributed by atoms with van der Waals surface area (Å²) in [6, 6.07) is 0. The van der Waals surface area contributed by atoms with E-state index in [1.165, 1.54) is 0 Å². The molecule has 0 amide bonds. The molecule has 1 saturated heterocycles. The largest absolute Gasteiger partial charge is 0.402 e. The van der Waals surface area contributed by atoms with E-state index in [-0.39, 0.29) is 32.4 Å². The molecule has 0 spiro atoms. The van der Waals surface area contributed by atoms with E-state index < -0.39 is 17.4 Å². The lowest BCUT2D eigenvalue weighted by molar-refractivity contribution is -0.214. The molecule has 0 aromatic carbocycles. The van der Waals surface area contributed by atoms with Gasteiger partial charge in [-0.15, -0.1) is 0 Å². The number of rotatable bonds is 4. The number of aryl methyl sites for hydroxylation is 2. The Balaban J connectivity index is 2.07. The first-order chi connectivity index (χ1) is 8.87. The summed E-state index contributed by atoms with van der Waals surface area (Å²) in [4.78, 5) is 16.0. The van der Waals surface area contributed by atoms with Crippen LogP contribution in [0.5, 0.6) is 0 Å². The first-order valence-electron chi connectivity index (χ1n) is 6.14. The van der Waals surface area contributed by atoms with E-state index in [1.807, 2.05) is 0 Å². The molecule has 4 nitrogen and oxygen atoms in total. The molecule has 106 valence electrons. The van der Waals surface area contributed by atoms with Crippen molar-refractivity contribution in [1.82, 2.24) is 14.9 Å². The van der Waals surface area contributed by atoms with Crippen LogP contribution < -0.4 is 5.32 Å². The molecule has 1 N–H and O–H groups in total. The minimum absolute atomic E-state index is 0.133. The van der Waals surface area contributed by atoms with Crippen molar-refractivity contribution in [2.75, 3.05) is 13.1 Å². The average Bonchev–Trinajstić information content (AvgIpc) is 2.94. The number of Topliss-reactive ketones (excluding diaryl/α,β-unsaturated/α-hetero) is 1. The zero-order valence-electron chi connectivity index (χ0n) is 10.6. The predicted octanol–water partition coefficient (Wildman–Crippen LogP) is 1.46. The van der Waals surface area contributed by atoms with Crippen molar-refractivity contribution in [3.05, 3.63) is 18.2 Å². The van der Waals surface area contributed by atoms with Gasteiger partial charge in [0.1, 0.15) is 17.0 Å². The van der Waals surface area contributed by atoms with Crippen LogP contribution in [0, 0.1) is 5.41 Å². The van der Waals surface area contributed by atoms with Gasteiger partial charge in [-0.3, -0.25) is 4.79 Å². The zero-order chi connectivity index (χ0) is 14.1. The van der Waals surface area contributed by atoms with Gasteiger partial charge in [-0.25, -0.2) is 4.98 Å². The third-order valence-corrected chi connectivity index (χ3v) is 3.73. The summed E-state index contributed by atoms with van der Waals surface area (Å²) in [5, 5.41) is 2.64. The number of nitrogens with zero attached hydrogens (tertiary/aromatic N) is 2. The third-order valence-electron chi connectivity index (χ3n) is 3.73. The molecule has 1 unspecified atom stereocenters. The predicted molar refractivity (Wildman–Crippen MR) is 62.5 cm³/mol. The molecule has 2 rings (SSSR count). The third kappa shape index (κ3) is 2.51. The first kappa shape index (κ1) is 14.0. The van der Waals surface area contributed by atoms with Gasteiger partial charge in [0, 0.05) is 38.8 Å². The number of halogens is 3. The van der Waals surface area contributed by atoms with Gasteiger partial charge in [-0.1, -0.05) is 0 Å². The summed E-state index contributed by atoms with van der Waals surface area (Å²) in [6.07, 6.45) is -1.29. The Morgan fingerprint density at radius 1 is 1.58 bits per heavy atom. The summed E-state index contributed by atoms with van der Waals surface area (Å²) >= 11 is 0. The molecule has 0 radical (unpaired) electrons. The monoisotopic (exact) mass is 275 g/mol. The highest BCUT2D eigenvalue weighted by molar-refractivity contribution is 5.86. The molecule has 1 atom stereocenters. The average molecular weight is 275 g/mol. The highest BCUT2D eigenvalue weighted by atomic mass is 19.4. The van der Waals surface area contributed by atoms with Crippen LogP contribution in [0.15, 0.2) is 12.4 Å². The quantitative estimate of drug-likeness (QED) is 0.905. The molecule has 0 bridgehead atoms. The van der Waals surface area contributed by atoms with Gasteiger partial charge in [-0.05, 0) is 13.0 Å². The maximum absolute atomic E-state index is 13.1. The number of carbonyl (C=O) groups excluding carboxylic acids is 1. The Morgan fingerprint density at radius 3 is 2.79 bits per heavy atom. The number of hydrogen-bond acceptors (Lipinski definition) is 3. The van der Waals surface area contributed by atoms with E-state index in [2.05, 4.69) is 10.3 Å². The summed E-state index contributed by atoms with van der Waals surface area (Å²) in [5.41, 5.74) is -2.21. The van der Waals surface area contributed by atoms with Crippen LogP contribution >= 0.6 is 0 Å². The lowest BCUT2D eigenvalue weighted by atomic mass is 9.80. The molecule has 0 aliphatic carbocycles. The van der Waals surface area contributed by atoms with Crippen LogP contribution in [0.3, 0.4) is 0 Å². The van der Waals surface area contributed by atoms with Gasteiger partial charge in [0.15, 0.2) is 0 Å². The van der Waals surface area contributed by atoms with Crippen LogP contribution in [0.1, 0.15) is 18.7 Å². The highest BCUT2D eigenvalue weighted by Crippen LogP contribution is 2.44. The fraction of sp³-hybridized carbons (Fsp3) is 0.667. The van der Waals surface area contributed by atoms with Crippen LogP contribution in [-0.4, -0.2) is 34.6 Å². The Hall–Kier alpha value is -1.37. The van der Waals surface area contributed by atoms with Crippen molar-refractivity contribution >= 4 is 5.78 Å². The maximum atomic E-state index is 13.1. The lowest BCUT2D eigenvalue weighted by Crippen LogP contribution is -2.46. The number of ketones is 1. The summed E-state index contributed by atoms with van der Waals surface area (Å²) in [7, 11) is 1.75. The number of carbonyl (C=O) groups is 1. The second-order valence-corrected chi connectivity index (χ2v) is 4.88. The Bertz CT molecular complexity index is 461. The molecule has 1 aliphatic rings. The number of imidazole rings is 1. The SMILES string of the molecule is Cn1ccnc1CCC(=O)C1(C(F)(F)F)CCNC1. The molecule has 1 aromatic rings. The van der Waals surface area contributed by atoms with E-state index in [9.17, 15) is 18.0 Å². The van der Waals surface area contributed by atoms with Crippen molar-refractivity contribution < 1.29 is 18.0 Å². The van der Waals surface area contributed by atoms with E-state index >= 15 is 0 Å². The van der Waals surface area contributed by atoms with Crippen LogP contribution in [0.4, 0.5) is 13.2 Å². The molecule has 1 aromatic heterocycles. The second-order valence-electron chi connectivity index (χ2n) is 4.88. The van der Waals surface area contributed by atoms with E-state index in [1.54, 1.807) is 24.0 Å². The second kappa shape index (κ2) is 4.96. The molecule has 7 heteroatoms. The smallest absolute Gasteiger partial charge is 0.338 e. The van der Waals surface area contributed by atoms with Crippen molar-refractivity contribution in [3.8, 4) is 0 Å². The fourth-order valence-electron chi connectivity index (χ4n) is 2.43. The standard InChI is InChI=1S/C12H16F3N3O/c1-18-7-6-17-10(18)3-2-9(19)11(12(13,14)15)4-5-16-8-11/h6-7,16H,2-5,8H2,1H3. The van der Waals surface area contributed by atoms with Crippen LogP contribution in [0.2, 0.25) is 0 Å². The maximum Gasteiger partial charge on any atom is 0.402 e. The molecule has 1 fully saturated rings. The Morgan fingerprint density at radius 2 is 2.32 bits per heavy atom. The topological polar surface area (TPSA) is 46.9 Å². The Labute approximate surface area is 109 Å². The molecular formula is C12H16F3N3O. The molecule has 0 saturated carbocycles. The highest BCUT2D eigenvalue weighted by Gasteiger charge is 2.60. The van der Waals surface area contributed by atoms with E-state index in [4.69, 9.17) is 0 Å². The number of aromatic nitrogens is 2. The fourth-order valence-corrected chi connectivity index (χ4v) is 2.43. The van der Waals surface area contributed by atoms with E-state index in [0.717, 1.165) is 0 Å². The first-order valence-corrected chi connectivity index (χ1v) is 6.14. The van der Waals surface area contributed by atoms with Crippen molar-refractivity contribution in [2.45, 2.75) is 25.4 Å². The van der Waals surface area contributed by atoms with Crippen molar-refractivity contribution in [2.24, 2.45) is 12.5 Å². The summed E-state index contributed by atoms with van der Waals surface area (Å²) in [6.45, 7) is -0.0798. The number of nitrogens with one attached hydrogen (secondary N) is 1. The van der Waals surface area contributed by atoms with Gasteiger partial charge < -0.3 is 9.88 Å². The minimum Gasteiger partial charge on any atom is -0.338 e. The van der Waals surface area contributed by atoms with Crippen LogP contribution in [0.25, 0.3) is 0 Å². The lowest BCUT2D eigenvalue weighted by Gasteiger charge is -2.29. The Kier molecular flexibility index (Phi) is 3.66. The summed E-state index contributed by atoms with van der Waals surface area (Å²) in [5.74, 6) is -0.121. The van der Waals surface area contributed by atoms with Gasteiger partial charge in [0.05, 0.1) is 0 Å². The number of hydrogen-bond donors (Lipinski definition) is 1. The minimum atomic E-state index is -4.49. The van der Waals surface area contributed by atoms with Crippen molar-refractivity contribution in [3.63, 3.8) is 0 Å². The molecule has 1 aliphatic heterocycles. The number of alkyl halides is 3. The molecule has 19 heavy (non-hydrogen) atoms. The van der Waals surface area contributed by atoms with Gasteiger partial charge >= 0.3 is 6.18 Å². The van der Waals surface area contributed by atoms with Gasteiger partial charge in [0.25, 0.3) is 0 Å².